The minimum atomic E-state index is -0.0438. The van der Waals surface area contributed by atoms with Crippen molar-refractivity contribution in [2.45, 2.75) is 6.61 Å². The summed E-state index contributed by atoms with van der Waals surface area (Å²) in [6, 6.07) is 22.9. The van der Waals surface area contributed by atoms with Crippen molar-refractivity contribution in [3.8, 4) is 5.75 Å². The number of fused-ring (bicyclic) bond motifs is 3. The third-order valence-electron chi connectivity index (χ3n) is 4.68. The van der Waals surface area contributed by atoms with E-state index < -0.39 is 0 Å². The zero-order valence-electron chi connectivity index (χ0n) is 15.2. The fourth-order valence-electron chi connectivity index (χ4n) is 3.20. The molecule has 0 aliphatic rings. The standard InChI is InChI=1S/C23H15ClN2O2S/c24-18-6-2-1-5-16(18)14-28-17-11-9-15(10-12-17)13-21-22(27)26-20-8-4-3-7-19(20)25-23(26)29-21/h1-13H,14H2/b21-13-. The zero-order chi connectivity index (χ0) is 19.8. The van der Waals surface area contributed by atoms with Crippen LogP contribution in [-0.2, 0) is 6.61 Å². The molecule has 0 amide bonds. The molecule has 142 valence electrons. The van der Waals surface area contributed by atoms with Crippen LogP contribution in [0.15, 0.2) is 77.6 Å². The van der Waals surface area contributed by atoms with E-state index in [4.69, 9.17) is 16.3 Å². The van der Waals surface area contributed by atoms with Gasteiger partial charge in [-0.1, -0.05) is 65.4 Å². The van der Waals surface area contributed by atoms with Crippen molar-refractivity contribution < 1.29 is 4.74 Å². The molecule has 0 fully saturated rings. The maximum Gasteiger partial charge on any atom is 0.274 e. The van der Waals surface area contributed by atoms with Gasteiger partial charge in [-0.05, 0) is 42.0 Å². The highest BCUT2D eigenvalue weighted by atomic mass is 35.5. The Morgan fingerprint density at radius 3 is 2.59 bits per heavy atom. The number of imidazole rings is 1. The first-order chi connectivity index (χ1) is 14.2. The predicted molar refractivity (Wildman–Crippen MR) is 118 cm³/mol. The van der Waals surface area contributed by atoms with Gasteiger partial charge in [-0.15, -0.1) is 0 Å². The Hall–Kier alpha value is -3.15. The van der Waals surface area contributed by atoms with Crippen molar-refractivity contribution >= 4 is 45.0 Å². The van der Waals surface area contributed by atoms with Gasteiger partial charge in [-0.25, -0.2) is 9.38 Å². The number of ether oxygens (including phenoxy) is 1. The van der Waals surface area contributed by atoms with E-state index in [2.05, 4.69) is 4.98 Å². The van der Waals surface area contributed by atoms with Crippen molar-refractivity contribution in [2.75, 3.05) is 0 Å². The summed E-state index contributed by atoms with van der Waals surface area (Å²) in [5.74, 6) is 0.747. The number of aromatic nitrogens is 2. The van der Waals surface area contributed by atoms with Gasteiger partial charge in [0.1, 0.15) is 12.4 Å². The molecule has 5 aromatic rings. The highest BCUT2D eigenvalue weighted by Crippen LogP contribution is 2.19. The molecule has 0 unspecified atom stereocenters. The van der Waals surface area contributed by atoms with Gasteiger partial charge >= 0.3 is 0 Å². The molecule has 0 atom stereocenters. The zero-order valence-corrected chi connectivity index (χ0v) is 16.8. The molecular weight excluding hydrogens is 404 g/mol. The maximum absolute atomic E-state index is 12.8. The minimum Gasteiger partial charge on any atom is -0.489 e. The van der Waals surface area contributed by atoms with Crippen LogP contribution in [0.1, 0.15) is 11.1 Å². The number of benzene rings is 3. The van der Waals surface area contributed by atoms with E-state index in [1.807, 2.05) is 78.9 Å². The second-order valence-electron chi connectivity index (χ2n) is 6.58. The molecule has 3 aromatic carbocycles. The van der Waals surface area contributed by atoms with Crippen LogP contribution in [0.25, 0.3) is 22.1 Å². The largest absolute Gasteiger partial charge is 0.489 e. The van der Waals surface area contributed by atoms with Crippen LogP contribution in [0.5, 0.6) is 5.75 Å². The van der Waals surface area contributed by atoms with E-state index in [1.165, 1.54) is 11.3 Å². The van der Waals surface area contributed by atoms with Gasteiger partial charge in [0.05, 0.1) is 15.6 Å². The lowest BCUT2D eigenvalue weighted by molar-refractivity contribution is 0.306. The molecule has 0 radical (unpaired) electrons. The Balaban J connectivity index is 1.42. The summed E-state index contributed by atoms with van der Waals surface area (Å²) in [6.45, 7) is 0.405. The average Bonchev–Trinajstić information content (AvgIpc) is 3.25. The average molecular weight is 419 g/mol. The van der Waals surface area contributed by atoms with Gasteiger partial charge in [0.25, 0.3) is 5.56 Å². The maximum atomic E-state index is 12.8. The summed E-state index contributed by atoms with van der Waals surface area (Å²) < 4.78 is 8.14. The normalized spacial score (nSPS) is 12.1. The van der Waals surface area contributed by atoms with E-state index >= 15 is 0 Å². The van der Waals surface area contributed by atoms with Gasteiger partial charge in [0.15, 0.2) is 4.96 Å². The van der Waals surface area contributed by atoms with Crippen LogP contribution in [0.4, 0.5) is 0 Å². The van der Waals surface area contributed by atoms with Crippen molar-refractivity contribution in [3.05, 3.63) is 104 Å². The summed E-state index contributed by atoms with van der Waals surface area (Å²) in [4.78, 5) is 18.1. The first kappa shape index (κ1) is 17.9. The van der Waals surface area contributed by atoms with Gasteiger partial charge in [-0.2, -0.15) is 0 Å². The van der Waals surface area contributed by atoms with E-state index in [0.29, 0.717) is 21.1 Å². The number of halogens is 1. The summed E-state index contributed by atoms with van der Waals surface area (Å²) in [5, 5.41) is 0.690. The summed E-state index contributed by atoms with van der Waals surface area (Å²) in [7, 11) is 0. The second-order valence-corrected chi connectivity index (χ2v) is 8.00. The molecule has 0 saturated heterocycles. The van der Waals surface area contributed by atoms with Crippen molar-refractivity contribution in [1.82, 2.24) is 9.38 Å². The van der Waals surface area contributed by atoms with E-state index in [1.54, 1.807) is 4.40 Å². The number of hydrogen-bond donors (Lipinski definition) is 0. The fourth-order valence-corrected chi connectivity index (χ4v) is 4.38. The predicted octanol–water partition coefficient (Wildman–Crippen LogP) is 4.69. The molecule has 6 heteroatoms. The van der Waals surface area contributed by atoms with Crippen LogP contribution in [0, 0.1) is 0 Å². The third kappa shape index (κ3) is 3.39. The molecule has 5 rings (SSSR count). The van der Waals surface area contributed by atoms with Gasteiger partial charge < -0.3 is 4.74 Å². The smallest absolute Gasteiger partial charge is 0.274 e. The molecule has 4 nitrogen and oxygen atoms in total. The van der Waals surface area contributed by atoms with Crippen LogP contribution in [0.2, 0.25) is 5.02 Å². The van der Waals surface area contributed by atoms with Gasteiger partial charge in [0.2, 0.25) is 0 Å². The molecule has 2 heterocycles. The molecular formula is C23H15ClN2O2S. The Labute approximate surface area is 175 Å². The molecule has 2 aromatic heterocycles. The SMILES string of the molecule is O=c1/c(=C/c2ccc(OCc3ccccc3Cl)cc2)sc2nc3ccccc3n12. The highest BCUT2D eigenvalue weighted by molar-refractivity contribution is 7.15. The lowest BCUT2D eigenvalue weighted by Crippen LogP contribution is -2.22. The second kappa shape index (κ2) is 7.35. The van der Waals surface area contributed by atoms with Crippen molar-refractivity contribution in [3.63, 3.8) is 0 Å². The Morgan fingerprint density at radius 1 is 1.00 bits per heavy atom. The van der Waals surface area contributed by atoms with E-state index in [0.717, 1.165) is 27.9 Å². The third-order valence-corrected chi connectivity index (χ3v) is 6.01. The fraction of sp³-hybridized carbons (Fsp3) is 0.0435. The van der Waals surface area contributed by atoms with E-state index in [-0.39, 0.29) is 5.56 Å². The molecule has 0 bridgehead atoms. The van der Waals surface area contributed by atoms with Gasteiger partial charge in [-0.3, -0.25) is 4.79 Å². The summed E-state index contributed by atoms with van der Waals surface area (Å²) in [6.07, 6.45) is 1.88. The van der Waals surface area contributed by atoms with Crippen LogP contribution >= 0.6 is 22.9 Å². The minimum absolute atomic E-state index is 0.0438. The first-order valence-electron chi connectivity index (χ1n) is 9.07. The lowest BCUT2D eigenvalue weighted by atomic mass is 10.2. The van der Waals surface area contributed by atoms with Crippen LogP contribution in [-0.4, -0.2) is 9.38 Å². The Kier molecular flexibility index (Phi) is 4.54. The molecule has 0 N–H and O–H groups in total. The number of para-hydroxylation sites is 2. The topological polar surface area (TPSA) is 43.6 Å². The molecule has 0 saturated carbocycles. The molecule has 0 aliphatic heterocycles. The van der Waals surface area contributed by atoms with Crippen molar-refractivity contribution in [1.29, 1.82) is 0 Å². The summed E-state index contributed by atoms with van der Waals surface area (Å²) >= 11 is 7.56. The van der Waals surface area contributed by atoms with Crippen molar-refractivity contribution in [2.24, 2.45) is 0 Å². The molecule has 0 aliphatic carbocycles. The Bertz CT molecular complexity index is 1440. The first-order valence-corrected chi connectivity index (χ1v) is 10.3. The molecule has 0 spiro atoms. The van der Waals surface area contributed by atoms with Crippen LogP contribution in [0.3, 0.4) is 0 Å². The number of thiazole rings is 1. The highest BCUT2D eigenvalue weighted by Gasteiger charge is 2.10. The summed E-state index contributed by atoms with van der Waals surface area (Å²) in [5.41, 5.74) is 3.50. The lowest BCUT2D eigenvalue weighted by Gasteiger charge is -2.07. The van der Waals surface area contributed by atoms with E-state index in [9.17, 15) is 4.79 Å². The van der Waals surface area contributed by atoms with Gasteiger partial charge in [0, 0.05) is 10.6 Å². The number of rotatable bonds is 4. The molecule has 29 heavy (non-hydrogen) atoms. The van der Waals surface area contributed by atoms with Crippen LogP contribution < -0.4 is 14.8 Å². The monoisotopic (exact) mass is 418 g/mol. The number of nitrogens with zero attached hydrogens (tertiary/aromatic N) is 2. The Morgan fingerprint density at radius 2 is 1.76 bits per heavy atom. The quantitative estimate of drug-likeness (QED) is 0.425. The number of hydrogen-bond acceptors (Lipinski definition) is 4.